The lowest BCUT2D eigenvalue weighted by atomic mass is 10.2. The molecule has 0 unspecified atom stereocenters. The number of aromatic nitrogens is 1. The van der Waals surface area contributed by atoms with Crippen LogP contribution in [-0.4, -0.2) is 4.57 Å². The minimum Gasteiger partial charge on any atom is -0.344 e. The Morgan fingerprint density at radius 2 is 1.84 bits per heavy atom. The van der Waals surface area contributed by atoms with Crippen molar-refractivity contribution in [1.82, 2.24) is 4.57 Å². The molecule has 0 aliphatic rings. The third kappa shape index (κ3) is 2.60. The van der Waals surface area contributed by atoms with Crippen molar-refractivity contribution in [3.05, 3.63) is 78.0 Å². The zero-order valence-electron chi connectivity index (χ0n) is 11.1. The molecule has 1 heterocycles. The fourth-order valence-electron chi connectivity index (χ4n) is 2.35. The van der Waals surface area contributed by atoms with E-state index in [0.29, 0.717) is 0 Å². The molecular weight excluding hydrogens is 230 g/mol. The monoisotopic (exact) mass is 247 g/mol. The lowest BCUT2D eigenvalue weighted by molar-refractivity contribution is 0.866. The number of aryl methyl sites for hydroxylation is 1. The molecule has 0 aliphatic carbocycles. The molecule has 0 radical (unpaired) electrons. The van der Waals surface area contributed by atoms with Crippen molar-refractivity contribution < 1.29 is 0 Å². The predicted molar refractivity (Wildman–Crippen MR) is 82.2 cm³/mol. The average molecular weight is 247 g/mol. The van der Waals surface area contributed by atoms with Gasteiger partial charge in [-0.15, -0.1) is 0 Å². The van der Waals surface area contributed by atoms with Crippen LogP contribution < -0.4 is 0 Å². The van der Waals surface area contributed by atoms with Gasteiger partial charge in [-0.1, -0.05) is 54.1 Å². The van der Waals surface area contributed by atoms with Gasteiger partial charge in [0.25, 0.3) is 0 Å². The number of fused-ring (bicyclic) bond motifs is 1. The van der Waals surface area contributed by atoms with Crippen LogP contribution in [0.25, 0.3) is 17.0 Å². The molecule has 3 rings (SSSR count). The van der Waals surface area contributed by atoms with Gasteiger partial charge in [-0.3, -0.25) is 0 Å². The minimum absolute atomic E-state index is 0.904. The van der Waals surface area contributed by atoms with E-state index >= 15 is 0 Å². The highest BCUT2D eigenvalue weighted by Crippen LogP contribution is 2.17. The number of hydrogen-bond acceptors (Lipinski definition) is 0. The normalized spacial score (nSPS) is 11.4. The third-order valence-corrected chi connectivity index (χ3v) is 3.34. The Bertz CT molecular complexity index is 705. The topological polar surface area (TPSA) is 4.93 Å². The molecule has 0 aliphatic heterocycles. The van der Waals surface area contributed by atoms with Crippen LogP contribution in [0.1, 0.15) is 11.1 Å². The van der Waals surface area contributed by atoms with E-state index < -0.39 is 0 Å². The van der Waals surface area contributed by atoms with Crippen molar-refractivity contribution >= 4 is 17.0 Å². The maximum absolute atomic E-state index is 2.27. The summed E-state index contributed by atoms with van der Waals surface area (Å²) >= 11 is 0. The highest BCUT2D eigenvalue weighted by Gasteiger charge is 1.98. The summed E-state index contributed by atoms with van der Waals surface area (Å²) in [5.41, 5.74) is 3.85. The molecule has 0 saturated heterocycles. The van der Waals surface area contributed by atoms with Crippen LogP contribution >= 0.6 is 0 Å². The van der Waals surface area contributed by atoms with E-state index in [1.165, 1.54) is 22.0 Å². The molecule has 1 heteroatoms. The van der Waals surface area contributed by atoms with E-state index in [4.69, 9.17) is 0 Å². The third-order valence-electron chi connectivity index (χ3n) is 3.34. The first-order valence-electron chi connectivity index (χ1n) is 6.60. The molecule has 94 valence electrons. The first kappa shape index (κ1) is 11.8. The van der Waals surface area contributed by atoms with Gasteiger partial charge in [-0.05, 0) is 36.1 Å². The summed E-state index contributed by atoms with van der Waals surface area (Å²) < 4.78 is 2.27. The van der Waals surface area contributed by atoms with Gasteiger partial charge < -0.3 is 4.57 Å². The molecule has 1 nitrogen and oxygen atoms in total. The Labute approximate surface area is 113 Å². The molecule has 0 saturated carbocycles. The molecule has 0 N–H and O–H groups in total. The highest BCUT2D eigenvalue weighted by atomic mass is 14.9. The van der Waals surface area contributed by atoms with Crippen molar-refractivity contribution in [2.45, 2.75) is 13.5 Å². The number of benzene rings is 2. The Morgan fingerprint density at radius 1 is 1.00 bits per heavy atom. The first-order valence-corrected chi connectivity index (χ1v) is 6.60. The zero-order valence-corrected chi connectivity index (χ0v) is 11.1. The van der Waals surface area contributed by atoms with Gasteiger partial charge in [0.15, 0.2) is 0 Å². The zero-order chi connectivity index (χ0) is 13.1. The van der Waals surface area contributed by atoms with Crippen molar-refractivity contribution in [3.63, 3.8) is 0 Å². The molecular formula is C18H17N. The Morgan fingerprint density at radius 3 is 2.68 bits per heavy atom. The molecule has 19 heavy (non-hydrogen) atoms. The molecule has 0 atom stereocenters. The lowest BCUT2D eigenvalue weighted by Crippen LogP contribution is -1.92. The van der Waals surface area contributed by atoms with Crippen LogP contribution in [0.5, 0.6) is 0 Å². The van der Waals surface area contributed by atoms with E-state index in [1.54, 1.807) is 0 Å². The van der Waals surface area contributed by atoms with E-state index in [0.717, 1.165) is 6.54 Å². The van der Waals surface area contributed by atoms with Crippen LogP contribution in [-0.2, 0) is 6.54 Å². The van der Waals surface area contributed by atoms with Crippen LogP contribution in [0.2, 0.25) is 0 Å². The largest absolute Gasteiger partial charge is 0.344 e. The quantitative estimate of drug-likeness (QED) is 0.634. The second-order valence-electron chi connectivity index (χ2n) is 4.84. The summed E-state index contributed by atoms with van der Waals surface area (Å²) in [5.74, 6) is 0. The van der Waals surface area contributed by atoms with Gasteiger partial charge in [0.1, 0.15) is 0 Å². The van der Waals surface area contributed by atoms with Crippen LogP contribution in [0.15, 0.2) is 66.9 Å². The van der Waals surface area contributed by atoms with Crippen molar-refractivity contribution in [3.8, 4) is 0 Å². The summed E-state index contributed by atoms with van der Waals surface area (Å²) in [6.07, 6.45) is 6.52. The molecule has 0 bridgehead atoms. The minimum atomic E-state index is 0.904. The molecule has 0 spiro atoms. The van der Waals surface area contributed by atoms with Crippen LogP contribution in [0, 0.1) is 6.92 Å². The van der Waals surface area contributed by atoms with Crippen molar-refractivity contribution in [1.29, 1.82) is 0 Å². The van der Waals surface area contributed by atoms with E-state index in [2.05, 4.69) is 78.4 Å². The Kier molecular flexibility index (Phi) is 3.20. The summed E-state index contributed by atoms with van der Waals surface area (Å²) in [4.78, 5) is 0. The van der Waals surface area contributed by atoms with Crippen molar-refractivity contribution in [2.24, 2.45) is 0 Å². The van der Waals surface area contributed by atoms with Crippen LogP contribution in [0.4, 0.5) is 0 Å². The smallest absolute Gasteiger partial charge is 0.0483 e. The Balaban J connectivity index is 1.81. The van der Waals surface area contributed by atoms with Gasteiger partial charge in [-0.2, -0.15) is 0 Å². The fourth-order valence-corrected chi connectivity index (χ4v) is 2.35. The summed E-state index contributed by atoms with van der Waals surface area (Å²) in [6.45, 7) is 3.04. The van der Waals surface area contributed by atoms with E-state index in [1.807, 2.05) is 6.07 Å². The lowest BCUT2D eigenvalue weighted by Gasteiger charge is -2.02. The van der Waals surface area contributed by atoms with Gasteiger partial charge in [0.05, 0.1) is 0 Å². The second kappa shape index (κ2) is 5.15. The van der Waals surface area contributed by atoms with Gasteiger partial charge >= 0.3 is 0 Å². The molecule has 1 aromatic heterocycles. The van der Waals surface area contributed by atoms with Gasteiger partial charge in [0, 0.05) is 18.3 Å². The van der Waals surface area contributed by atoms with Gasteiger partial charge in [-0.25, -0.2) is 0 Å². The highest BCUT2D eigenvalue weighted by molar-refractivity contribution is 5.80. The maximum atomic E-state index is 2.27. The van der Waals surface area contributed by atoms with Gasteiger partial charge in [0.2, 0.25) is 0 Å². The predicted octanol–water partition coefficient (Wildman–Crippen LogP) is 4.66. The molecule has 0 fully saturated rings. The fraction of sp³-hybridized carbons (Fsp3) is 0.111. The van der Waals surface area contributed by atoms with Crippen molar-refractivity contribution in [2.75, 3.05) is 0 Å². The number of rotatable bonds is 3. The van der Waals surface area contributed by atoms with E-state index in [-0.39, 0.29) is 0 Å². The molecule has 3 aromatic rings. The first-order chi connectivity index (χ1) is 9.33. The second-order valence-corrected chi connectivity index (χ2v) is 4.84. The molecule has 0 amide bonds. The number of nitrogens with zero attached hydrogens (tertiary/aromatic N) is 1. The Hall–Kier alpha value is -2.28. The van der Waals surface area contributed by atoms with Crippen LogP contribution in [0.3, 0.4) is 0 Å². The van der Waals surface area contributed by atoms with E-state index in [9.17, 15) is 0 Å². The maximum Gasteiger partial charge on any atom is 0.0483 e. The molecule has 2 aromatic carbocycles. The average Bonchev–Trinajstić information content (AvgIpc) is 2.82. The summed E-state index contributed by atoms with van der Waals surface area (Å²) in [7, 11) is 0. The summed E-state index contributed by atoms with van der Waals surface area (Å²) in [6, 6.07) is 19.2. The summed E-state index contributed by atoms with van der Waals surface area (Å²) in [5, 5.41) is 1.31. The standard InChI is InChI=1S/C18H17N/c1-15-9-10-18-17(14-15)11-13-19(18)12-5-8-16-6-3-2-4-7-16/h2-11,13-14H,12H2,1H3/b8-5+. The number of allylic oxidation sites excluding steroid dienone is 1. The number of hydrogen-bond donors (Lipinski definition) is 0. The SMILES string of the molecule is Cc1ccc2c(ccn2C/C=C/c2ccccc2)c1.